The van der Waals surface area contributed by atoms with Crippen molar-refractivity contribution in [3.63, 3.8) is 0 Å². The Morgan fingerprint density at radius 1 is 1.06 bits per heavy atom. The van der Waals surface area contributed by atoms with Gasteiger partial charge in [-0.2, -0.15) is 0 Å². The van der Waals surface area contributed by atoms with Crippen LogP contribution >= 0.6 is 0 Å². The van der Waals surface area contributed by atoms with Gasteiger partial charge in [0.2, 0.25) is 0 Å². The molecule has 0 N–H and O–H groups in total. The minimum absolute atomic E-state index is 0.180. The highest BCUT2D eigenvalue weighted by molar-refractivity contribution is 6.05. The van der Waals surface area contributed by atoms with Crippen molar-refractivity contribution in [3.05, 3.63) is 0 Å². The van der Waals surface area contributed by atoms with Gasteiger partial charge in [-0.3, -0.25) is 9.59 Å². The molecule has 0 aromatic carbocycles. The number of carbonyl (C=O) groups is 2. The molecule has 0 saturated heterocycles. The van der Waals surface area contributed by atoms with Crippen molar-refractivity contribution < 1.29 is 9.59 Å². The molecule has 2 unspecified atom stereocenters. The summed E-state index contributed by atoms with van der Waals surface area (Å²) in [6.07, 6.45) is 7.54. The van der Waals surface area contributed by atoms with E-state index in [0.29, 0.717) is 6.42 Å². The summed E-state index contributed by atoms with van der Waals surface area (Å²) >= 11 is 0. The van der Waals surface area contributed by atoms with Gasteiger partial charge in [-0.25, -0.2) is 0 Å². The highest BCUT2D eigenvalue weighted by Gasteiger charge is 2.35. The van der Waals surface area contributed by atoms with E-state index in [9.17, 15) is 9.59 Å². The van der Waals surface area contributed by atoms with Crippen LogP contribution in [0.1, 0.15) is 65.2 Å². The van der Waals surface area contributed by atoms with Crippen molar-refractivity contribution >= 4 is 11.6 Å². The third kappa shape index (κ3) is 3.43. The van der Waals surface area contributed by atoms with Crippen LogP contribution in [-0.4, -0.2) is 11.6 Å². The summed E-state index contributed by atoms with van der Waals surface area (Å²) in [6.45, 7) is 4.25. The average Bonchev–Trinajstić information content (AvgIpc) is 2.28. The zero-order valence-electron chi connectivity index (χ0n) is 10.6. The van der Waals surface area contributed by atoms with E-state index in [0.717, 1.165) is 44.9 Å². The normalized spacial score (nSPS) is 26.1. The molecule has 0 bridgehead atoms. The largest absolute Gasteiger partial charge is 0.299 e. The minimum atomic E-state index is -0.254. The fourth-order valence-electron chi connectivity index (χ4n) is 2.52. The maximum Gasteiger partial charge on any atom is 0.146 e. The zero-order chi connectivity index (χ0) is 12.0. The number of unbranched alkanes of at least 4 members (excludes halogenated alkanes) is 2. The highest BCUT2D eigenvalue weighted by atomic mass is 16.2. The first-order valence-electron chi connectivity index (χ1n) is 6.77. The number of rotatable bonds is 6. The molecular weight excluding hydrogens is 200 g/mol. The minimum Gasteiger partial charge on any atom is -0.299 e. The van der Waals surface area contributed by atoms with E-state index in [1.807, 2.05) is 0 Å². The summed E-state index contributed by atoms with van der Waals surface area (Å²) in [5.41, 5.74) is 0. The van der Waals surface area contributed by atoms with E-state index < -0.39 is 0 Å². The molecule has 0 aromatic rings. The molecule has 92 valence electrons. The molecule has 0 aliphatic heterocycles. The molecule has 16 heavy (non-hydrogen) atoms. The monoisotopic (exact) mass is 224 g/mol. The number of Topliss-reactive ketones (excluding diaryl/α,β-unsaturated/α-hetero) is 2. The standard InChI is InChI=1S/C14H24O2/c1-3-5-7-11-9-10-13(15)12(14(11)16)8-6-4-2/h11-12H,3-10H2,1-2H3. The summed E-state index contributed by atoms with van der Waals surface area (Å²) in [5, 5.41) is 0. The Balaban J connectivity index is 2.52. The molecular formula is C14H24O2. The summed E-state index contributed by atoms with van der Waals surface area (Å²) in [6, 6.07) is 0. The zero-order valence-corrected chi connectivity index (χ0v) is 10.6. The summed E-state index contributed by atoms with van der Waals surface area (Å²) in [7, 11) is 0. The Morgan fingerprint density at radius 2 is 1.69 bits per heavy atom. The fraction of sp³-hybridized carbons (Fsp3) is 0.857. The van der Waals surface area contributed by atoms with E-state index in [2.05, 4.69) is 13.8 Å². The summed E-state index contributed by atoms with van der Waals surface area (Å²) in [4.78, 5) is 23.8. The van der Waals surface area contributed by atoms with Crippen LogP contribution in [0.4, 0.5) is 0 Å². The molecule has 0 radical (unpaired) electrons. The maximum absolute atomic E-state index is 12.1. The molecule has 0 aromatic heterocycles. The third-order valence-corrected chi connectivity index (χ3v) is 3.63. The van der Waals surface area contributed by atoms with E-state index in [-0.39, 0.29) is 23.4 Å². The van der Waals surface area contributed by atoms with Gasteiger partial charge in [0.15, 0.2) is 0 Å². The topological polar surface area (TPSA) is 34.1 Å². The molecule has 1 saturated carbocycles. The van der Waals surface area contributed by atoms with Gasteiger partial charge in [0.05, 0.1) is 5.92 Å². The Morgan fingerprint density at radius 3 is 2.31 bits per heavy atom. The predicted octanol–water partition coefficient (Wildman–Crippen LogP) is 3.53. The van der Waals surface area contributed by atoms with Gasteiger partial charge in [0, 0.05) is 12.3 Å². The van der Waals surface area contributed by atoms with Crippen molar-refractivity contribution in [2.75, 3.05) is 0 Å². The first-order chi connectivity index (χ1) is 7.70. The fourth-order valence-corrected chi connectivity index (χ4v) is 2.52. The lowest BCUT2D eigenvalue weighted by Gasteiger charge is -2.26. The van der Waals surface area contributed by atoms with Crippen molar-refractivity contribution in [2.45, 2.75) is 65.2 Å². The van der Waals surface area contributed by atoms with E-state index in [1.165, 1.54) is 0 Å². The second-order valence-corrected chi connectivity index (χ2v) is 4.94. The van der Waals surface area contributed by atoms with E-state index in [1.54, 1.807) is 0 Å². The smallest absolute Gasteiger partial charge is 0.146 e. The number of carbonyl (C=O) groups excluding carboxylic acids is 2. The number of hydrogen-bond donors (Lipinski definition) is 0. The molecule has 1 rings (SSSR count). The highest BCUT2D eigenvalue weighted by Crippen LogP contribution is 2.29. The Kier molecular flexibility index (Phi) is 5.72. The Hall–Kier alpha value is -0.660. The van der Waals surface area contributed by atoms with Crippen LogP contribution in [0.2, 0.25) is 0 Å². The lowest BCUT2D eigenvalue weighted by Crippen LogP contribution is -2.35. The predicted molar refractivity (Wildman–Crippen MR) is 65.3 cm³/mol. The molecule has 0 spiro atoms. The van der Waals surface area contributed by atoms with Crippen LogP contribution < -0.4 is 0 Å². The van der Waals surface area contributed by atoms with Gasteiger partial charge in [-0.1, -0.05) is 39.5 Å². The van der Waals surface area contributed by atoms with Crippen molar-refractivity contribution in [3.8, 4) is 0 Å². The van der Waals surface area contributed by atoms with Crippen molar-refractivity contribution in [2.24, 2.45) is 11.8 Å². The lowest BCUT2D eigenvalue weighted by molar-refractivity contribution is -0.139. The van der Waals surface area contributed by atoms with Crippen LogP contribution in [0.5, 0.6) is 0 Å². The molecule has 1 aliphatic rings. The third-order valence-electron chi connectivity index (χ3n) is 3.63. The molecule has 0 amide bonds. The quantitative estimate of drug-likeness (QED) is 0.647. The first kappa shape index (κ1) is 13.4. The average molecular weight is 224 g/mol. The van der Waals surface area contributed by atoms with Crippen LogP contribution in [-0.2, 0) is 9.59 Å². The molecule has 2 nitrogen and oxygen atoms in total. The summed E-state index contributed by atoms with van der Waals surface area (Å²) < 4.78 is 0. The Bertz CT molecular complexity index is 245. The molecule has 1 fully saturated rings. The van der Waals surface area contributed by atoms with Crippen LogP contribution in [0.3, 0.4) is 0 Å². The molecule has 2 heteroatoms. The number of hydrogen-bond acceptors (Lipinski definition) is 2. The van der Waals surface area contributed by atoms with Gasteiger partial charge >= 0.3 is 0 Å². The van der Waals surface area contributed by atoms with Gasteiger partial charge in [-0.05, 0) is 19.3 Å². The van der Waals surface area contributed by atoms with Gasteiger partial charge in [0.25, 0.3) is 0 Å². The van der Waals surface area contributed by atoms with E-state index in [4.69, 9.17) is 0 Å². The van der Waals surface area contributed by atoms with Crippen LogP contribution in [0.15, 0.2) is 0 Å². The Labute approximate surface area is 98.8 Å². The second kappa shape index (κ2) is 6.82. The maximum atomic E-state index is 12.1. The SMILES string of the molecule is CCCCC1CCC(=O)C(CCCC)C1=O. The first-order valence-corrected chi connectivity index (χ1v) is 6.77. The van der Waals surface area contributed by atoms with Crippen LogP contribution in [0, 0.1) is 11.8 Å². The van der Waals surface area contributed by atoms with Crippen LogP contribution in [0.25, 0.3) is 0 Å². The van der Waals surface area contributed by atoms with Crippen molar-refractivity contribution in [1.82, 2.24) is 0 Å². The molecule has 1 aliphatic carbocycles. The molecule has 0 heterocycles. The second-order valence-electron chi connectivity index (χ2n) is 4.94. The summed E-state index contributed by atoms with van der Waals surface area (Å²) in [5.74, 6) is 0.374. The number of ketones is 2. The van der Waals surface area contributed by atoms with Gasteiger partial charge < -0.3 is 0 Å². The van der Waals surface area contributed by atoms with Gasteiger partial charge in [0.1, 0.15) is 11.6 Å². The lowest BCUT2D eigenvalue weighted by atomic mass is 9.75. The van der Waals surface area contributed by atoms with Gasteiger partial charge in [-0.15, -0.1) is 0 Å². The van der Waals surface area contributed by atoms with Crippen molar-refractivity contribution in [1.29, 1.82) is 0 Å². The van der Waals surface area contributed by atoms with E-state index >= 15 is 0 Å². The molecule has 2 atom stereocenters.